The van der Waals surface area contributed by atoms with E-state index in [4.69, 9.17) is 9.47 Å². The van der Waals surface area contributed by atoms with E-state index in [2.05, 4.69) is 25.2 Å². The van der Waals surface area contributed by atoms with Gasteiger partial charge in [0.05, 0.1) is 26.8 Å². The largest absolute Gasteiger partial charge is 0.573 e. The molecule has 0 spiro atoms. The monoisotopic (exact) mass is 553 g/mol. The standard InChI is InChI=1S/C31H30F3NO5/c1-18(2)20-6-8-21(9-7-20)19(3)27-28(22-10-13-24(14-11-22)40-31(32,33)34)35(30(37)29(27)36)17-23-12-15-25(38-4)16-26(23)39-5/h6-16,18,28,36H,3,17H2,1-2,4-5H3. The highest BCUT2D eigenvalue weighted by Crippen LogP contribution is 2.45. The Morgan fingerprint density at radius 3 is 2.15 bits per heavy atom. The fourth-order valence-electron chi connectivity index (χ4n) is 4.71. The minimum absolute atomic E-state index is 0.0323. The summed E-state index contributed by atoms with van der Waals surface area (Å²) < 4.78 is 53.1. The lowest BCUT2D eigenvalue weighted by Crippen LogP contribution is -2.30. The van der Waals surface area contributed by atoms with Crippen molar-refractivity contribution in [2.45, 2.75) is 38.7 Å². The molecule has 1 amide bonds. The number of carbonyl (C=O) groups excluding carboxylic acids is 1. The molecule has 0 aliphatic carbocycles. The molecular weight excluding hydrogens is 523 g/mol. The topological polar surface area (TPSA) is 68.2 Å². The molecule has 3 aromatic rings. The third-order valence-electron chi connectivity index (χ3n) is 6.82. The molecule has 0 saturated carbocycles. The van der Waals surface area contributed by atoms with Crippen molar-refractivity contribution in [3.63, 3.8) is 0 Å². The second kappa shape index (κ2) is 11.4. The normalized spacial score (nSPS) is 15.6. The average Bonchev–Trinajstić information content (AvgIpc) is 3.17. The van der Waals surface area contributed by atoms with Crippen LogP contribution in [-0.2, 0) is 11.3 Å². The molecule has 0 radical (unpaired) electrons. The number of methoxy groups -OCH3 is 2. The molecule has 0 aromatic heterocycles. The lowest BCUT2D eigenvalue weighted by Gasteiger charge is -2.29. The smallest absolute Gasteiger partial charge is 0.503 e. The molecule has 1 atom stereocenters. The van der Waals surface area contributed by atoms with Crippen LogP contribution >= 0.6 is 0 Å². The van der Waals surface area contributed by atoms with Gasteiger partial charge in [0.1, 0.15) is 17.2 Å². The molecule has 0 fully saturated rings. The number of halogens is 3. The first-order valence-electron chi connectivity index (χ1n) is 12.5. The van der Waals surface area contributed by atoms with E-state index in [9.17, 15) is 23.1 Å². The fourth-order valence-corrected chi connectivity index (χ4v) is 4.71. The zero-order valence-electron chi connectivity index (χ0n) is 22.6. The predicted molar refractivity (Wildman–Crippen MR) is 145 cm³/mol. The summed E-state index contributed by atoms with van der Waals surface area (Å²) in [7, 11) is 3.01. The Labute approximate surface area is 230 Å². The van der Waals surface area contributed by atoms with Gasteiger partial charge in [0.25, 0.3) is 5.91 Å². The lowest BCUT2D eigenvalue weighted by atomic mass is 9.89. The molecular formula is C31H30F3NO5. The summed E-state index contributed by atoms with van der Waals surface area (Å²) in [5.74, 6) is -0.190. The number of amides is 1. The van der Waals surface area contributed by atoms with Crippen molar-refractivity contribution in [1.82, 2.24) is 4.90 Å². The summed E-state index contributed by atoms with van der Waals surface area (Å²) in [6.07, 6.45) is -4.85. The summed E-state index contributed by atoms with van der Waals surface area (Å²) in [6.45, 7) is 8.37. The molecule has 0 saturated heterocycles. The maximum Gasteiger partial charge on any atom is 0.573 e. The number of rotatable bonds is 9. The van der Waals surface area contributed by atoms with E-state index in [1.807, 2.05) is 24.3 Å². The second-order valence-corrected chi connectivity index (χ2v) is 9.65. The highest BCUT2D eigenvalue weighted by molar-refractivity contribution is 6.01. The van der Waals surface area contributed by atoms with E-state index in [0.29, 0.717) is 39.7 Å². The average molecular weight is 554 g/mol. The van der Waals surface area contributed by atoms with Gasteiger partial charge in [0, 0.05) is 17.2 Å². The first-order valence-corrected chi connectivity index (χ1v) is 12.5. The highest BCUT2D eigenvalue weighted by Gasteiger charge is 2.42. The predicted octanol–water partition coefficient (Wildman–Crippen LogP) is 7.33. The van der Waals surface area contributed by atoms with Gasteiger partial charge in [0.15, 0.2) is 5.76 Å². The van der Waals surface area contributed by atoms with Crippen LogP contribution < -0.4 is 14.2 Å². The molecule has 1 aliphatic rings. The van der Waals surface area contributed by atoms with Crippen LogP contribution in [0.25, 0.3) is 5.57 Å². The van der Waals surface area contributed by atoms with Gasteiger partial charge in [0.2, 0.25) is 0 Å². The van der Waals surface area contributed by atoms with Gasteiger partial charge in [-0.25, -0.2) is 0 Å². The number of hydrogen-bond acceptors (Lipinski definition) is 5. The van der Waals surface area contributed by atoms with Crippen LogP contribution in [0.5, 0.6) is 17.2 Å². The molecule has 4 rings (SSSR count). The van der Waals surface area contributed by atoms with Crippen molar-refractivity contribution >= 4 is 11.5 Å². The van der Waals surface area contributed by atoms with Gasteiger partial charge < -0.3 is 24.2 Å². The number of aliphatic hydroxyl groups excluding tert-OH is 1. The summed E-state index contributed by atoms with van der Waals surface area (Å²) in [5.41, 5.74) is 3.60. The van der Waals surface area contributed by atoms with Gasteiger partial charge in [-0.15, -0.1) is 13.2 Å². The number of aliphatic hydroxyl groups is 1. The van der Waals surface area contributed by atoms with Gasteiger partial charge >= 0.3 is 6.36 Å². The lowest BCUT2D eigenvalue weighted by molar-refractivity contribution is -0.274. The number of carbonyl (C=O) groups is 1. The van der Waals surface area contributed by atoms with Gasteiger partial charge in [-0.3, -0.25) is 4.79 Å². The number of benzene rings is 3. The summed E-state index contributed by atoms with van der Waals surface area (Å²) in [5, 5.41) is 11.1. The molecule has 9 heteroatoms. The minimum Gasteiger partial charge on any atom is -0.503 e. The Bertz CT molecular complexity index is 1430. The van der Waals surface area contributed by atoms with E-state index < -0.39 is 29.8 Å². The van der Waals surface area contributed by atoms with Crippen LogP contribution in [0.2, 0.25) is 0 Å². The Kier molecular flexibility index (Phi) is 8.13. The first-order chi connectivity index (χ1) is 18.9. The molecule has 1 N–H and O–H groups in total. The second-order valence-electron chi connectivity index (χ2n) is 9.65. The quantitative estimate of drug-likeness (QED) is 0.300. The van der Waals surface area contributed by atoms with Gasteiger partial charge in [-0.05, 0) is 52.4 Å². The SMILES string of the molecule is C=C(C1=C(O)C(=O)N(Cc2ccc(OC)cc2OC)C1c1ccc(OC(F)(F)F)cc1)c1ccc(C(C)C)cc1. The molecule has 1 unspecified atom stereocenters. The van der Waals surface area contributed by atoms with Crippen molar-refractivity contribution in [1.29, 1.82) is 0 Å². The maximum atomic E-state index is 13.5. The summed E-state index contributed by atoms with van der Waals surface area (Å²) in [4.78, 5) is 14.9. The van der Waals surface area contributed by atoms with Gasteiger partial charge in [-0.2, -0.15) is 0 Å². The van der Waals surface area contributed by atoms with E-state index in [1.165, 1.54) is 43.4 Å². The summed E-state index contributed by atoms with van der Waals surface area (Å²) >= 11 is 0. The Balaban J connectivity index is 1.77. The van der Waals surface area contributed by atoms with Crippen LogP contribution in [0, 0.1) is 0 Å². The minimum atomic E-state index is -4.85. The van der Waals surface area contributed by atoms with Crippen molar-refractivity contribution in [3.05, 3.63) is 107 Å². The number of ether oxygens (including phenoxy) is 3. The van der Waals surface area contributed by atoms with Crippen molar-refractivity contribution < 1.29 is 37.3 Å². The Morgan fingerprint density at radius 1 is 0.975 bits per heavy atom. The van der Waals surface area contributed by atoms with Crippen molar-refractivity contribution in [2.24, 2.45) is 0 Å². The van der Waals surface area contributed by atoms with Crippen molar-refractivity contribution in [2.75, 3.05) is 14.2 Å². The first kappa shape index (κ1) is 28.6. The van der Waals surface area contributed by atoms with Crippen LogP contribution in [0.15, 0.2) is 84.6 Å². The van der Waals surface area contributed by atoms with Crippen molar-refractivity contribution in [3.8, 4) is 17.2 Å². The van der Waals surface area contributed by atoms with Gasteiger partial charge in [-0.1, -0.05) is 56.8 Å². The molecule has 3 aromatic carbocycles. The fraction of sp³-hybridized carbons (Fsp3) is 0.258. The summed E-state index contributed by atoms with van der Waals surface area (Å²) in [6, 6.07) is 17.2. The third kappa shape index (κ3) is 5.93. The van der Waals surface area contributed by atoms with Crippen LogP contribution in [0.4, 0.5) is 13.2 Å². The van der Waals surface area contributed by atoms with E-state index in [1.54, 1.807) is 18.2 Å². The molecule has 0 bridgehead atoms. The van der Waals surface area contributed by atoms with E-state index >= 15 is 0 Å². The zero-order valence-corrected chi connectivity index (χ0v) is 22.6. The van der Waals surface area contributed by atoms with E-state index in [0.717, 1.165) is 5.56 Å². The number of hydrogen-bond donors (Lipinski definition) is 1. The van der Waals surface area contributed by atoms with Crippen LogP contribution in [0.1, 0.15) is 48.1 Å². The number of nitrogens with zero attached hydrogens (tertiary/aromatic N) is 1. The maximum absolute atomic E-state index is 13.5. The third-order valence-corrected chi connectivity index (χ3v) is 6.82. The number of alkyl halides is 3. The molecule has 1 heterocycles. The Morgan fingerprint density at radius 2 is 1.60 bits per heavy atom. The van der Waals surface area contributed by atoms with E-state index in [-0.39, 0.29) is 12.1 Å². The molecule has 210 valence electrons. The highest BCUT2D eigenvalue weighted by atomic mass is 19.4. The molecule has 6 nitrogen and oxygen atoms in total. The van der Waals surface area contributed by atoms with Crippen LogP contribution in [-0.4, -0.2) is 36.5 Å². The molecule has 1 aliphatic heterocycles. The Hall–Kier alpha value is -4.40. The molecule has 40 heavy (non-hydrogen) atoms. The zero-order chi connectivity index (χ0) is 29.2. The van der Waals surface area contributed by atoms with Crippen LogP contribution in [0.3, 0.4) is 0 Å².